The Morgan fingerprint density at radius 3 is 2.10 bits per heavy atom. The molecule has 0 bridgehead atoms. The average molecular weight is 594 g/mol. The number of nitrogens with one attached hydrogen (secondary N) is 1. The van der Waals surface area contributed by atoms with Crippen molar-refractivity contribution in [3.63, 3.8) is 0 Å². The normalized spacial score (nSPS) is 14.9. The van der Waals surface area contributed by atoms with Crippen LogP contribution >= 0.6 is 23.2 Å². The molecule has 0 saturated heterocycles. The Morgan fingerprint density at radius 2 is 1.49 bits per heavy atom. The van der Waals surface area contributed by atoms with Crippen LogP contribution in [-0.4, -0.2) is 28.8 Å². The maximum atomic E-state index is 14.1. The molecule has 3 aromatic carbocycles. The lowest BCUT2D eigenvalue weighted by molar-refractivity contribution is -0.141. The van der Waals surface area contributed by atoms with E-state index in [0.29, 0.717) is 28.5 Å². The fourth-order valence-corrected chi connectivity index (χ4v) is 6.04. The summed E-state index contributed by atoms with van der Waals surface area (Å²) in [6.45, 7) is 6.73. The molecule has 41 heavy (non-hydrogen) atoms. The molecule has 1 fully saturated rings. The number of amides is 2. The lowest BCUT2D eigenvalue weighted by Crippen LogP contribution is -2.53. The van der Waals surface area contributed by atoms with Crippen molar-refractivity contribution in [1.82, 2.24) is 10.2 Å². The van der Waals surface area contributed by atoms with Crippen molar-refractivity contribution in [3.05, 3.63) is 105 Å². The second kappa shape index (κ2) is 14.4. The maximum absolute atomic E-state index is 14.1. The lowest BCUT2D eigenvalue weighted by atomic mass is 9.86. The monoisotopic (exact) mass is 592 g/mol. The fourth-order valence-electron chi connectivity index (χ4n) is 5.52. The van der Waals surface area contributed by atoms with Gasteiger partial charge in [-0.05, 0) is 53.5 Å². The van der Waals surface area contributed by atoms with Gasteiger partial charge in [-0.15, -0.1) is 0 Å². The number of rotatable bonds is 10. The highest BCUT2D eigenvalue weighted by Crippen LogP contribution is 2.28. The number of hydrogen-bond acceptors (Lipinski definition) is 2. The number of aryl methyl sites for hydroxylation is 1. The van der Waals surface area contributed by atoms with Crippen molar-refractivity contribution in [2.45, 2.75) is 96.2 Å². The Labute approximate surface area is 255 Å². The molecule has 1 atom stereocenters. The van der Waals surface area contributed by atoms with E-state index < -0.39 is 6.04 Å². The van der Waals surface area contributed by atoms with E-state index in [1.807, 2.05) is 30.3 Å². The smallest absolute Gasteiger partial charge is 0.243 e. The van der Waals surface area contributed by atoms with Crippen molar-refractivity contribution < 1.29 is 9.59 Å². The molecular formula is C35H42Cl2N2O2. The van der Waals surface area contributed by atoms with Crippen molar-refractivity contribution in [1.29, 1.82) is 0 Å². The Bertz CT molecular complexity index is 1280. The number of halogens is 2. The highest BCUT2D eigenvalue weighted by molar-refractivity contribution is 6.36. The molecule has 1 saturated carbocycles. The van der Waals surface area contributed by atoms with E-state index in [9.17, 15) is 9.59 Å². The van der Waals surface area contributed by atoms with E-state index in [1.165, 1.54) is 12.0 Å². The van der Waals surface area contributed by atoms with Crippen LogP contribution in [0.2, 0.25) is 10.0 Å². The van der Waals surface area contributed by atoms with Gasteiger partial charge in [0, 0.05) is 41.0 Å². The maximum Gasteiger partial charge on any atom is 0.243 e. The number of benzene rings is 3. The zero-order valence-electron chi connectivity index (χ0n) is 24.5. The molecule has 2 amide bonds. The van der Waals surface area contributed by atoms with E-state index in [4.69, 9.17) is 23.2 Å². The Hall–Kier alpha value is -2.82. The standard InChI is InChI=1S/C35H42Cl2N2O2/c1-35(2,3)27-20-17-25(18-21-27)19-22-33(40)39(24-29-30(36)15-10-16-31(29)37)32(23-26-11-6-4-7-12-26)34(41)38-28-13-8-5-9-14-28/h4,6-7,10-12,15-18,20-21,28,32H,5,8-9,13-14,19,22-24H2,1-3H3,(H,38,41)/t32-/m0/s1. The Kier molecular flexibility index (Phi) is 10.9. The molecule has 0 aromatic heterocycles. The molecule has 1 aliphatic rings. The van der Waals surface area contributed by atoms with Gasteiger partial charge in [0.2, 0.25) is 11.8 Å². The van der Waals surface area contributed by atoms with Crippen LogP contribution in [0.1, 0.15) is 81.5 Å². The van der Waals surface area contributed by atoms with Gasteiger partial charge in [0.1, 0.15) is 6.04 Å². The molecule has 1 N–H and O–H groups in total. The number of carbonyl (C=O) groups excluding carboxylic acids is 2. The highest BCUT2D eigenvalue weighted by atomic mass is 35.5. The molecule has 0 aliphatic heterocycles. The zero-order chi connectivity index (χ0) is 29.4. The fraction of sp³-hybridized carbons (Fsp3) is 0.429. The van der Waals surface area contributed by atoms with Gasteiger partial charge in [-0.25, -0.2) is 0 Å². The summed E-state index contributed by atoms with van der Waals surface area (Å²) in [6, 6.07) is 23.1. The summed E-state index contributed by atoms with van der Waals surface area (Å²) in [5.74, 6) is -0.215. The summed E-state index contributed by atoms with van der Waals surface area (Å²) < 4.78 is 0. The van der Waals surface area contributed by atoms with Gasteiger partial charge in [0.15, 0.2) is 0 Å². The zero-order valence-corrected chi connectivity index (χ0v) is 26.0. The van der Waals surface area contributed by atoms with Crippen LogP contribution < -0.4 is 5.32 Å². The number of carbonyl (C=O) groups is 2. The first-order valence-electron chi connectivity index (χ1n) is 14.8. The lowest BCUT2D eigenvalue weighted by Gasteiger charge is -2.34. The molecule has 0 heterocycles. The van der Waals surface area contributed by atoms with Gasteiger partial charge >= 0.3 is 0 Å². The second-order valence-corrected chi connectivity index (χ2v) is 13.0. The van der Waals surface area contributed by atoms with Crippen LogP contribution in [0.4, 0.5) is 0 Å². The molecule has 4 nitrogen and oxygen atoms in total. The first-order chi connectivity index (χ1) is 19.6. The Balaban J connectivity index is 1.62. The van der Waals surface area contributed by atoms with Crippen molar-refractivity contribution >= 4 is 35.0 Å². The molecule has 218 valence electrons. The van der Waals surface area contributed by atoms with Crippen LogP contribution in [0.3, 0.4) is 0 Å². The second-order valence-electron chi connectivity index (χ2n) is 12.2. The molecule has 4 rings (SSSR count). The van der Waals surface area contributed by atoms with Gasteiger partial charge in [-0.3, -0.25) is 9.59 Å². The molecule has 3 aromatic rings. The summed E-state index contributed by atoms with van der Waals surface area (Å²) >= 11 is 13.2. The minimum atomic E-state index is -0.692. The topological polar surface area (TPSA) is 49.4 Å². The third-order valence-electron chi connectivity index (χ3n) is 8.06. The van der Waals surface area contributed by atoms with E-state index in [2.05, 4.69) is 50.4 Å². The minimum absolute atomic E-state index is 0.0652. The van der Waals surface area contributed by atoms with Gasteiger partial charge < -0.3 is 10.2 Å². The summed E-state index contributed by atoms with van der Waals surface area (Å²) in [4.78, 5) is 29.7. The van der Waals surface area contributed by atoms with Crippen LogP contribution in [0, 0.1) is 0 Å². The van der Waals surface area contributed by atoms with E-state index in [1.54, 1.807) is 23.1 Å². The molecular weight excluding hydrogens is 551 g/mol. The number of nitrogens with zero attached hydrogens (tertiary/aromatic N) is 1. The average Bonchev–Trinajstić information content (AvgIpc) is 2.96. The summed E-state index contributed by atoms with van der Waals surface area (Å²) in [5, 5.41) is 4.26. The van der Waals surface area contributed by atoms with Gasteiger partial charge in [0.05, 0.1) is 0 Å². The third-order valence-corrected chi connectivity index (χ3v) is 8.77. The van der Waals surface area contributed by atoms with E-state index >= 15 is 0 Å². The summed E-state index contributed by atoms with van der Waals surface area (Å²) in [6.07, 6.45) is 6.63. The van der Waals surface area contributed by atoms with Crippen LogP contribution in [0.15, 0.2) is 72.8 Å². The van der Waals surface area contributed by atoms with Crippen LogP contribution in [0.25, 0.3) is 0 Å². The first kappa shape index (κ1) is 31.1. The van der Waals surface area contributed by atoms with Crippen molar-refractivity contribution in [2.75, 3.05) is 0 Å². The number of hydrogen-bond donors (Lipinski definition) is 1. The predicted molar refractivity (Wildman–Crippen MR) is 169 cm³/mol. The van der Waals surface area contributed by atoms with Crippen molar-refractivity contribution in [2.24, 2.45) is 0 Å². The van der Waals surface area contributed by atoms with Crippen LogP contribution in [-0.2, 0) is 34.4 Å². The Morgan fingerprint density at radius 1 is 0.854 bits per heavy atom. The molecule has 0 radical (unpaired) electrons. The summed E-state index contributed by atoms with van der Waals surface area (Å²) in [7, 11) is 0. The van der Waals surface area contributed by atoms with Gasteiger partial charge in [0.25, 0.3) is 0 Å². The third kappa shape index (κ3) is 8.83. The van der Waals surface area contributed by atoms with Crippen LogP contribution in [0.5, 0.6) is 0 Å². The molecule has 0 unspecified atom stereocenters. The predicted octanol–water partition coefficient (Wildman–Crippen LogP) is 8.31. The van der Waals surface area contributed by atoms with Gasteiger partial charge in [-0.1, -0.05) is 124 Å². The van der Waals surface area contributed by atoms with E-state index in [-0.39, 0.29) is 36.2 Å². The highest BCUT2D eigenvalue weighted by Gasteiger charge is 2.32. The molecule has 6 heteroatoms. The molecule has 1 aliphatic carbocycles. The SMILES string of the molecule is CC(C)(C)c1ccc(CCC(=O)N(Cc2c(Cl)cccc2Cl)[C@@H](Cc2ccccc2)C(=O)NC2CCCCC2)cc1. The summed E-state index contributed by atoms with van der Waals surface area (Å²) in [5.41, 5.74) is 4.06. The minimum Gasteiger partial charge on any atom is -0.352 e. The molecule has 0 spiro atoms. The largest absolute Gasteiger partial charge is 0.352 e. The van der Waals surface area contributed by atoms with E-state index in [0.717, 1.165) is 36.8 Å². The quantitative estimate of drug-likeness (QED) is 0.257. The van der Waals surface area contributed by atoms with Gasteiger partial charge in [-0.2, -0.15) is 0 Å². The first-order valence-corrected chi connectivity index (χ1v) is 15.5. The van der Waals surface area contributed by atoms with Crippen molar-refractivity contribution in [3.8, 4) is 0 Å².